The van der Waals surface area contributed by atoms with Gasteiger partial charge in [-0.1, -0.05) is 78.1 Å². The molecule has 0 heterocycles. The fraction of sp³-hybridized carbons (Fsp3) is 0.920. The van der Waals surface area contributed by atoms with Gasteiger partial charge in [0.2, 0.25) is 0 Å². The van der Waals surface area contributed by atoms with Gasteiger partial charge in [0.25, 0.3) is 0 Å². The quantitative estimate of drug-likeness (QED) is 0.0918. The third kappa shape index (κ3) is 23.6. The van der Waals surface area contributed by atoms with Gasteiger partial charge in [0.05, 0.1) is 6.26 Å². The van der Waals surface area contributed by atoms with E-state index in [0.29, 0.717) is 6.79 Å². The Kier molecular flexibility index (Phi) is 24.9. The van der Waals surface area contributed by atoms with Crippen molar-refractivity contribution in [2.75, 3.05) is 27.1 Å². The zero-order valence-corrected chi connectivity index (χ0v) is 19.8. The lowest BCUT2D eigenvalue weighted by atomic mass is 10.0. The van der Waals surface area contributed by atoms with Crippen molar-refractivity contribution in [1.82, 2.24) is 0 Å². The summed E-state index contributed by atoms with van der Waals surface area (Å²) >= 11 is 0. The molecule has 4 heteroatoms. The van der Waals surface area contributed by atoms with Crippen molar-refractivity contribution in [1.29, 1.82) is 0 Å². The minimum atomic E-state index is 0.0231. The highest BCUT2D eigenvalue weighted by Gasteiger charge is 2.08. The molecular weight excluding hydrogens is 364 g/mol. The fourth-order valence-electron chi connectivity index (χ4n) is 3.30. The van der Waals surface area contributed by atoms with E-state index >= 15 is 0 Å². The summed E-state index contributed by atoms with van der Waals surface area (Å²) in [4.78, 5) is 0. The standard InChI is InChI=1S/C25H50O4/c1-4-21-28-25(29-22-5-2)20-18-16-14-12-10-8-6-7-9-11-13-15-17-19-23-27-24-26-3/h19,23,25H,4-18,20-22,24H2,1-3H3. The molecule has 0 N–H and O–H groups in total. The van der Waals surface area contributed by atoms with Gasteiger partial charge >= 0.3 is 0 Å². The first-order chi connectivity index (χ1) is 14.3. The van der Waals surface area contributed by atoms with E-state index in [2.05, 4.69) is 19.9 Å². The number of methoxy groups -OCH3 is 1. The summed E-state index contributed by atoms with van der Waals surface area (Å²) in [6.07, 6.45) is 24.4. The highest BCUT2D eigenvalue weighted by Crippen LogP contribution is 2.14. The van der Waals surface area contributed by atoms with E-state index in [0.717, 1.165) is 38.9 Å². The summed E-state index contributed by atoms with van der Waals surface area (Å²) in [5.74, 6) is 0. The van der Waals surface area contributed by atoms with Crippen LogP contribution in [0.3, 0.4) is 0 Å². The van der Waals surface area contributed by atoms with Crippen LogP contribution in [0.25, 0.3) is 0 Å². The van der Waals surface area contributed by atoms with Crippen LogP contribution < -0.4 is 0 Å². The summed E-state index contributed by atoms with van der Waals surface area (Å²) in [5, 5.41) is 0. The van der Waals surface area contributed by atoms with Gasteiger partial charge < -0.3 is 18.9 Å². The minimum Gasteiger partial charge on any atom is -0.476 e. The number of hydrogen-bond donors (Lipinski definition) is 0. The third-order valence-corrected chi connectivity index (χ3v) is 4.95. The molecule has 0 radical (unpaired) electrons. The van der Waals surface area contributed by atoms with Crippen LogP contribution in [-0.2, 0) is 18.9 Å². The lowest BCUT2D eigenvalue weighted by molar-refractivity contribution is -0.146. The van der Waals surface area contributed by atoms with Crippen LogP contribution >= 0.6 is 0 Å². The lowest BCUT2D eigenvalue weighted by Crippen LogP contribution is -2.18. The van der Waals surface area contributed by atoms with Crippen molar-refractivity contribution >= 4 is 0 Å². The third-order valence-electron chi connectivity index (χ3n) is 4.95. The Labute approximate surface area is 181 Å². The van der Waals surface area contributed by atoms with E-state index in [1.54, 1.807) is 13.4 Å². The maximum absolute atomic E-state index is 5.79. The smallest absolute Gasteiger partial charge is 0.187 e. The van der Waals surface area contributed by atoms with E-state index in [-0.39, 0.29) is 6.29 Å². The minimum absolute atomic E-state index is 0.0231. The first kappa shape index (κ1) is 28.4. The van der Waals surface area contributed by atoms with Crippen LogP contribution in [0.1, 0.15) is 117 Å². The maximum Gasteiger partial charge on any atom is 0.187 e. The molecule has 0 bridgehead atoms. The van der Waals surface area contributed by atoms with E-state index in [1.165, 1.54) is 77.0 Å². The molecule has 0 saturated heterocycles. The Morgan fingerprint density at radius 3 is 1.62 bits per heavy atom. The van der Waals surface area contributed by atoms with E-state index in [4.69, 9.17) is 18.9 Å². The van der Waals surface area contributed by atoms with Gasteiger partial charge in [-0.25, -0.2) is 0 Å². The number of ether oxygens (including phenoxy) is 4. The number of unbranched alkanes of at least 4 members (excludes halogenated alkanes) is 12. The van der Waals surface area contributed by atoms with Crippen molar-refractivity contribution < 1.29 is 18.9 Å². The molecule has 4 nitrogen and oxygen atoms in total. The average molecular weight is 415 g/mol. The molecule has 0 saturated carbocycles. The molecule has 0 aliphatic carbocycles. The summed E-state index contributed by atoms with van der Waals surface area (Å²) in [5.41, 5.74) is 0. The second-order valence-electron chi connectivity index (χ2n) is 7.94. The molecule has 29 heavy (non-hydrogen) atoms. The molecule has 0 aromatic heterocycles. The van der Waals surface area contributed by atoms with Crippen molar-refractivity contribution in [2.24, 2.45) is 0 Å². The number of hydrogen-bond acceptors (Lipinski definition) is 4. The topological polar surface area (TPSA) is 36.9 Å². The van der Waals surface area contributed by atoms with Crippen LogP contribution in [0.4, 0.5) is 0 Å². The summed E-state index contributed by atoms with van der Waals surface area (Å²) in [6, 6.07) is 0. The van der Waals surface area contributed by atoms with E-state index in [1.807, 2.05) is 0 Å². The Bertz CT molecular complexity index is 312. The number of allylic oxidation sites excluding steroid dienone is 1. The fourth-order valence-corrected chi connectivity index (χ4v) is 3.30. The van der Waals surface area contributed by atoms with Crippen molar-refractivity contribution in [3.05, 3.63) is 12.3 Å². The zero-order valence-electron chi connectivity index (χ0n) is 19.8. The molecule has 0 aliphatic rings. The molecule has 0 atom stereocenters. The van der Waals surface area contributed by atoms with Crippen molar-refractivity contribution in [3.63, 3.8) is 0 Å². The van der Waals surface area contributed by atoms with Gasteiger partial charge in [-0.2, -0.15) is 0 Å². The summed E-state index contributed by atoms with van der Waals surface area (Å²) < 4.78 is 21.5. The van der Waals surface area contributed by atoms with Gasteiger partial charge in [0.1, 0.15) is 0 Å². The molecule has 0 amide bonds. The molecule has 0 aliphatic heterocycles. The largest absolute Gasteiger partial charge is 0.476 e. The van der Waals surface area contributed by atoms with E-state index in [9.17, 15) is 0 Å². The lowest BCUT2D eigenvalue weighted by Gasteiger charge is -2.18. The van der Waals surface area contributed by atoms with Gasteiger partial charge in [0, 0.05) is 20.3 Å². The van der Waals surface area contributed by atoms with Crippen LogP contribution in [-0.4, -0.2) is 33.4 Å². The molecule has 0 aromatic carbocycles. The average Bonchev–Trinajstić information content (AvgIpc) is 2.74. The molecule has 0 rings (SSSR count). The Morgan fingerprint density at radius 2 is 1.14 bits per heavy atom. The monoisotopic (exact) mass is 414 g/mol. The normalized spacial score (nSPS) is 11.7. The molecule has 174 valence electrons. The molecule has 0 fully saturated rings. The molecule has 0 spiro atoms. The van der Waals surface area contributed by atoms with Gasteiger partial charge in [-0.05, 0) is 44.6 Å². The summed E-state index contributed by atoms with van der Waals surface area (Å²) in [6.45, 7) is 6.28. The predicted octanol–water partition coefficient (Wildman–Crippen LogP) is 7.76. The Morgan fingerprint density at radius 1 is 0.655 bits per heavy atom. The van der Waals surface area contributed by atoms with Crippen LogP contribution in [0.5, 0.6) is 0 Å². The van der Waals surface area contributed by atoms with Crippen LogP contribution in [0, 0.1) is 0 Å². The maximum atomic E-state index is 5.79. The van der Waals surface area contributed by atoms with Gasteiger partial charge in [0.15, 0.2) is 13.1 Å². The Hall–Kier alpha value is -0.580. The SMILES string of the molecule is CCCOC(CCCCCCCCCCCCCCC=COCOC)OCCC. The second-order valence-corrected chi connectivity index (χ2v) is 7.94. The zero-order chi connectivity index (χ0) is 21.3. The van der Waals surface area contributed by atoms with Crippen molar-refractivity contribution in [2.45, 2.75) is 123 Å². The second kappa shape index (κ2) is 25.5. The molecule has 0 unspecified atom stereocenters. The first-order valence-electron chi connectivity index (χ1n) is 12.3. The van der Waals surface area contributed by atoms with Crippen molar-refractivity contribution in [3.8, 4) is 0 Å². The van der Waals surface area contributed by atoms with Crippen LogP contribution in [0.2, 0.25) is 0 Å². The van der Waals surface area contributed by atoms with Gasteiger partial charge in [-0.15, -0.1) is 0 Å². The predicted molar refractivity (Wildman–Crippen MR) is 123 cm³/mol. The highest BCUT2D eigenvalue weighted by molar-refractivity contribution is 4.72. The van der Waals surface area contributed by atoms with Gasteiger partial charge in [-0.3, -0.25) is 0 Å². The van der Waals surface area contributed by atoms with E-state index < -0.39 is 0 Å². The highest BCUT2D eigenvalue weighted by atomic mass is 16.7. The number of rotatable bonds is 24. The molecular formula is C25H50O4. The first-order valence-corrected chi connectivity index (χ1v) is 12.3. The molecule has 0 aromatic rings. The van der Waals surface area contributed by atoms with Crippen LogP contribution in [0.15, 0.2) is 12.3 Å². The Balaban J connectivity index is 3.27. The summed E-state index contributed by atoms with van der Waals surface area (Å²) in [7, 11) is 1.64.